The summed E-state index contributed by atoms with van der Waals surface area (Å²) in [6, 6.07) is 1.90. The van der Waals surface area contributed by atoms with E-state index in [2.05, 4.69) is 4.98 Å². The largest absolute Gasteiger partial charge is 0.387 e. The second kappa shape index (κ2) is 6.43. The van der Waals surface area contributed by atoms with E-state index in [4.69, 9.17) is 5.73 Å². The van der Waals surface area contributed by atoms with Gasteiger partial charge in [0.15, 0.2) is 0 Å². The fourth-order valence-electron chi connectivity index (χ4n) is 2.57. The van der Waals surface area contributed by atoms with E-state index in [-0.39, 0.29) is 0 Å². The first kappa shape index (κ1) is 13.7. The molecule has 1 saturated carbocycles. The van der Waals surface area contributed by atoms with Crippen molar-refractivity contribution in [3.63, 3.8) is 0 Å². The number of aliphatic hydroxyl groups is 1. The van der Waals surface area contributed by atoms with Crippen molar-refractivity contribution in [1.29, 1.82) is 0 Å². The topological polar surface area (TPSA) is 59.1 Å². The van der Waals surface area contributed by atoms with E-state index in [1.807, 2.05) is 24.8 Å². The fraction of sp³-hybridized carbons (Fsp3) is 0.643. The highest BCUT2D eigenvalue weighted by molar-refractivity contribution is 7.99. The van der Waals surface area contributed by atoms with Gasteiger partial charge in [0.05, 0.1) is 6.10 Å². The molecule has 1 aromatic heterocycles. The molecule has 1 aliphatic carbocycles. The lowest BCUT2D eigenvalue weighted by atomic mass is 10.0. The molecule has 1 aromatic rings. The molecule has 2 rings (SSSR count). The van der Waals surface area contributed by atoms with Crippen LogP contribution >= 0.6 is 11.8 Å². The lowest BCUT2D eigenvalue weighted by Crippen LogP contribution is -2.13. The molecular weight excluding hydrogens is 244 g/mol. The molecule has 4 heteroatoms. The van der Waals surface area contributed by atoms with Crippen LogP contribution in [0, 0.1) is 6.92 Å². The normalized spacial score (nSPS) is 18.8. The molecule has 0 saturated heterocycles. The van der Waals surface area contributed by atoms with Gasteiger partial charge in [-0.1, -0.05) is 19.3 Å². The second-order valence-corrected chi connectivity index (χ2v) is 6.37. The molecule has 1 aliphatic rings. The number of aryl methyl sites for hydroxylation is 1. The molecule has 0 bridgehead atoms. The van der Waals surface area contributed by atoms with Crippen LogP contribution in [-0.4, -0.2) is 21.1 Å². The van der Waals surface area contributed by atoms with Gasteiger partial charge in [0, 0.05) is 22.8 Å². The molecule has 3 nitrogen and oxygen atoms in total. The Morgan fingerprint density at radius 1 is 1.44 bits per heavy atom. The quantitative estimate of drug-likeness (QED) is 0.879. The van der Waals surface area contributed by atoms with E-state index in [1.54, 1.807) is 6.20 Å². The smallest absolute Gasteiger partial charge is 0.129 e. The number of nitrogen functional groups attached to an aromatic ring is 1. The number of aromatic nitrogens is 1. The molecular formula is C14H22N2OS. The summed E-state index contributed by atoms with van der Waals surface area (Å²) < 4.78 is 0. The predicted octanol–water partition coefficient (Wildman–Crippen LogP) is 3.07. The number of hydrogen-bond acceptors (Lipinski definition) is 4. The van der Waals surface area contributed by atoms with Crippen LogP contribution in [0.5, 0.6) is 0 Å². The van der Waals surface area contributed by atoms with E-state index in [0.29, 0.717) is 11.1 Å². The minimum Gasteiger partial charge on any atom is -0.387 e. The van der Waals surface area contributed by atoms with Crippen LogP contribution in [0.1, 0.15) is 49.3 Å². The van der Waals surface area contributed by atoms with E-state index in [0.717, 1.165) is 16.9 Å². The van der Waals surface area contributed by atoms with Gasteiger partial charge in [0.2, 0.25) is 0 Å². The summed E-state index contributed by atoms with van der Waals surface area (Å²) >= 11 is 1.88. The lowest BCUT2D eigenvalue weighted by Gasteiger charge is -2.23. The first-order chi connectivity index (χ1) is 8.68. The highest BCUT2D eigenvalue weighted by atomic mass is 32.2. The third kappa shape index (κ3) is 3.39. The minimum atomic E-state index is -0.495. The van der Waals surface area contributed by atoms with Gasteiger partial charge in [-0.15, -0.1) is 0 Å². The number of aliphatic hydroxyl groups excluding tert-OH is 1. The molecule has 100 valence electrons. The van der Waals surface area contributed by atoms with E-state index >= 15 is 0 Å². The summed E-state index contributed by atoms with van der Waals surface area (Å²) in [4.78, 5) is 4.06. The SMILES string of the molecule is Cc1ccnc(N)c1C(O)CSC1CCCCC1. The van der Waals surface area contributed by atoms with Crippen molar-refractivity contribution >= 4 is 17.6 Å². The van der Waals surface area contributed by atoms with Gasteiger partial charge >= 0.3 is 0 Å². The molecule has 3 N–H and O–H groups in total. The zero-order valence-corrected chi connectivity index (χ0v) is 11.7. The van der Waals surface area contributed by atoms with Crippen LogP contribution in [0.2, 0.25) is 0 Å². The van der Waals surface area contributed by atoms with Gasteiger partial charge in [-0.2, -0.15) is 11.8 Å². The number of nitrogens with zero attached hydrogens (tertiary/aromatic N) is 1. The predicted molar refractivity (Wildman–Crippen MR) is 77.7 cm³/mol. The van der Waals surface area contributed by atoms with Gasteiger partial charge in [-0.25, -0.2) is 4.98 Å². The maximum atomic E-state index is 10.3. The molecule has 0 radical (unpaired) electrons. The first-order valence-electron chi connectivity index (χ1n) is 6.69. The Morgan fingerprint density at radius 3 is 2.83 bits per heavy atom. The Hall–Kier alpha value is -0.740. The van der Waals surface area contributed by atoms with Crippen molar-refractivity contribution in [2.75, 3.05) is 11.5 Å². The van der Waals surface area contributed by atoms with E-state index < -0.39 is 6.10 Å². The molecule has 1 heterocycles. The average Bonchev–Trinajstić information content (AvgIpc) is 2.37. The number of nitrogens with two attached hydrogens (primary N) is 1. The second-order valence-electron chi connectivity index (χ2n) is 5.04. The Kier molecular flexibility index (Phi) is 4.89. The van der Waals surface area contributed by atoms with Gasteiger partial charge < -0.3 is 10.8 Å². The maximum absolute atomic E-state index is 10.3. The monoisotopic (exact) mass is 266 g/mol. The van der Waals surface area contributed by atoms with Crippen molar-refractivity contribution in [3.05, 3.63) is 23.4 Å². The number of rotatable bonds is 4. The van der Waals surface area contributed by atoms with Crippen molar-refractivity contribution in [2.24, 2.45) is 0 Å². The van der Waals surface area contributed by atoms with Gasteiger partial charge in [0.1, 0.15) is 5.82 Å². The summed E-state index contributed by atoms with van der Waals surface area (Å²) in [5.41, 5.74) is 7.68. The standard InChI is InChI=1S/C14H22N2OS/c1-10-7-8-16-14(15)13(10)12(17)9-18-11-5-3-2-4-6-11/h7-8,11-12,17H,2-6,9H2,1H3,(H2,15,16). The zero-order valence-electron chi connectivity index (χ0n) is 10.9. The number of anilines is 1. The molecule has 1 fully saturated rings. The Morgan fingerprint density at radius 2 is 2.17 bits per heavy atom. The zero-order chi connectivity index (χ0) is 13.0. The molecule has 0 aromatic carbocycles. The molecule has 18 heavy (non-hydrogen) atoms. The van der Waals surface area contributed by atoms with E-state index in [1.165, 1.54) is 32.1 Å². The highest BCUT2D eigenvalue weighted by Gasteiger charge is 2.19. The van der Waals surface area contributed by atoms with Crippen molar-refractivity contribution in [2.45, 2.75) is 50.4 Å². The summed E-state index contributed by atoms with van der Waals surface area (Å²) in [6.45, 7) is 1.97. The Bertz CT molecular complexity index is 371. The summed E-state index contributed by atoms with van der Waals surface area (Å²) in [7, 11) is 0. The number of hydrogen-bond donors (Lipinski definition) is 2. The Labute approximate surface area is 113 Å². The van der Waals surface area contributed by atoms with Crippen molar-refractivity contribution < 1.29 is 5.11 Å². The Balaban J connectivity index is 1.92. The van der Waals surface area contributed by atoms with Crippen LogP contribution in [0.4, 0.5) is 5.82 Å². The molecule has 0 spiro atoms. The van der Waals surface area contributed by atoms with Crippen LogP contribution in [0.15, 0.2) is 12.3 Å². The molecule has 1 unspecified atom stereocenters. The minimum absolute atomic E-state index is 0.465. The number of thioether (sulfide) groups is 1. The summed E-state index contributed by atoms with van der Waals surface area (Å²) in [5.74, 6) is 1.19. The third-order valence-electron chi connectivity index (χ3n) is 3.61. The van der Waals surface area contributed by atoms with Gasteiger partial charge in [-0.3, -0.25) is 0 Å². The lowest BCUT2D eigenvalue weighted by molar-refractivity contribution is 0.203. The molecule has 0 aliphatic heterocycles. The highest BCUT2D eigenvalue weighted by Crippen LogP contribution is 2.32. The summed E-state index contributed by atoms with van der Waals surface area (Å²) in [6.07, 6.45) is 7.82. The van der Waals surface area contributed by atoms with E-state index in [9.17, 15) is 5.11 Å². The molecule has 1 atom stereocenters. The van der Waals surface area contributed by atoms with Crippen molar-refractivity contribution in [1.82, 2.24) is 4.98 Å². The number of pyridine rings is 1. The van der Waals surface area contributed by atoms with Gasteiger partial charge in [-0.05, 0) is 31.4 Å². The van der Waals surface area contributed by atoms with Crippen LogP contribution in [0.25, 0.3) is 0 Å². The van der Waals surface area contributed by atoms with Crippen LogP contribution in [-0.2, 0) is 0 Å². The third-order valence-corrected chi connectivity index (χ3v) is 5.07. The van der Waals surface area contributed by atoms with Crippen LogP contribution in [0.3, 0.4) is 0 Å². The first-order valence-corrected chi connectivity index (χ1v) is 7.74. The average molecular weight is 266 g/mol. The van der Waals surface area contributed by atoms with Crippen molar-refractivity contribution in [3.8, 4) is 0 Å². The van der Waals surface area contributed by atoms with Gasteiger partial charge in [0.25, 0.3) is 0 Å². The fourth-order valence-corrected chi connectivity index (χ4v) is 3.85. The molecule has 0 amide bonds. The maximum Gasteiger partial charge on any atom is 0.129 e. The summed E-state index contributed by atoms with van der Waals surface area (Å²) in [5, 5.41) is 11.0. The van der Waals surface area contributed by atoms with Crippen LogP contribution < -0.4 is 5.73 Å².